The molecule has 112 valence electrons. The minimum Gasteiger partial charge on any atom is -0.372 e. The van der Waals surface area contributed by atoms with Crippen LogP contribution in [0.2, 0.25) is 0 Å². The lowest BCUT2D eigenvalue weighted by molar-refractivity contribution is 0.613. The van der Waals surface area contributed by atoms with Crippen molar-refractivity contribution in [2.75, 3.05) is 18.5 Å². The molecule has 0 atom stereocenters. The van der Waals surface area contributed by atoms with Gasteiger partial charge < -0.3 is 10.2 Å². The lowest BCUT2D eigenvalue weighted by atomic mass is 10.1. The van der Waals surface area contributed by atoms with Crippen LogP contribution in [0.1, 0.15) is 23.3 Å². The Balaban J connectivity index is 1.68. The van der Waals surface area contributed by atoms with Gasteiger partial charge in [0, 0.05) is 31.1 Å². The SMILES string of the molecule is CN(CCc1cccs1)c1c(F)cccc1CNC1CC1. The van der Waals surface area contributed by atoms with Crippen molar-refractivity contribution in [3.63, 3.8) is 0 Å². The summed E-state index contributed by atoms with van der Waals surface area (Å²) in [5, 5.41) is 5.56. The van der Waals surface area contributed by atoms with Gasteiger partial charge in [-0.3, -0.25) is 0 Å². The van der Waals surface area contributed by atoms with Gasteiger partial charge in [-0.25, -0.2) is 4.39 Å². The van der Waals surface area contributed by atoms with Gasteiger partial charge in [0.1, 0.15) is 5.82 Å². The van der Waals surface area contributed by atoms with Crippen molar-refractivity contribution in [1.82, 2.24) is 5.32 Å². The Kier molecular flexibility index (Phi) is 4.56. The third-order valence-electron chi connectivity index (χ3n) is 3.88. The van der Waals surface area contributed by atoms with Gasteiger partial charge in [0.05, 0.1) is 5.69 Å². The largest absolute Gasteiger partial charge is 0.372 e. The van der Waals surface area contributed by atoms with Crippen LogP contribution in [-0.4, -0.2) is 19.6 Å². The summed E-state index contributed by atoms with van der Waals surface area (Å²) in [6, 6.07) is 10.2. The molecule has 0 radical (unpaired) electrons. The number of halogens is 1. The minimum absolute atomic E-state index is 0.126. The Labute approximate surface area is 129 Å². The Morgan fingerprint density at radius 1 is 1.29 bits per heavy atom. The van der Waals surface area contributed by atoms with Gasteiger partial charge in [0.25, 0.3) is 0 Å². The molecule has 0 unspecified atom stereocenters. The molecule has 4 heteroatoms. The van der Waals surface area contributed by atoms with E-state index in [1.165, 1.54) is 17.7 Å². The van der Waals surface area contributed by atoms with Crippen LogP contribution >= 0.6 is 11.3 Å². The summed E-state index contributed by atoms with van der Waals surface area (Å²) in [5.74, 6) is -0.126. The second kappa shape index (κ2) is 6.58. The molecule has 0 bridgehead atoms. The monoisotopic (exact) mass is 304 g/mol. The Morgan fingerprint density at radius 3 is 2.86 bits per heavy atom. The number of rotatable bonds is 7. The van der Waals surface area contributed by atoms with E-state index in [0.29, 0.717) is 6.04 Å². The van der Waals surface area contributed by atoms with Crippen LogP contribution in [0.25, 0.3) is 0 Å². The van der Waals surface area contributed by atoms with Crippen LogP contribution in [-0.2, 0) is 13.0 Å². The highest BCUT2D eigenvalue weighted by Gasteiger charge is 2.21. The second-order valence-corrected chi connectivity index (χ2v) is 6.69. The number of likely N-dealkylation sites (N-methyl/N-ethyl adjacent to an activating group) is 1. The average molecular weight is 304 g/mol. The number of thiophene rings is 1. The average Bonchev–Trinajstić information content (AvgIpc) is 3.16. The number of hydrogen-bond donors (Lipinski definition) is 1. The molecule has 1 heterocycles. The van der Waals surface area contributed by atoms with E-state index < -0.39 is 0 Å². The zero-order valence-electron chi connectivity index (χ0n) is 12.3. The van der Waals surface area contributed by atoms with E-state index >= 15 is 0 Å². The molecular weight excluding hydrogens is 283 g/mol. The van der Waals surface area contributed by atoms with E-state index in [1.54, 1.807) is 23.5 Å². The zero-order valence-corrected chi connectivity index (χ0v) is 13.1. The maximum atomic E-state index is 14.2. The molecule has 1 aliphatic carbocycles. The van der Waals surface area contributed by atoms with Crippen molar-refractivity contribution in [1.29, 1.82) is 0 Å². The maximum absolute atomic E-state index is 14.2. The van der Waals surface area contributed by atoms with Crippen LogP contribution in [0.4, 0.5) is 10.1 Å². The van der Waals surface area contributed by atoms with Crippen molar-refractivity contribution in [2.45, 2.75) is 31.8 Å². The summed E-state index contributed by atoms with van der Waals surface area (Å²) in [4.78, 5) is 3.38. The number of hydrogen-bond acceptors (Lipinski definition) is 3. The molecular formula is C17H21FN2S. The first-order valence-electron chi connectivity index (χ1n) is 7.48. The number of para-hydroxylation sites is 1. The summed E-state index contributed by atoms with van der Waals surface area (Å²) >= 11 is 1.76. The quantitative estimate of drug-likeness (QED) is 0.836. The molecule has 1 aromatic heterocycles. The van der Waals surface area contributed by atoms with Crippen molar-refractivity contribution >= 4 is 17.0 Å². The fourth-order valence-electron chi connectivity index (χ4n) is 2.52. The zero-order chi connectivity index (χ0) is 14.7. The molecule has 2 nitrogen and oxygen atoms in total. The van der Waals surface area contributed by atoms with Crippen LogP contribution in [0.3, 0.4) is 0 Å². The van der Waals surface area contributed by atoms with E-state index in [2.05, 4.69) is 22.8 Å². The molecule has 1 fully saturated rings. The number of anilines is 1. The smallest absolute Gasteiger partial charge is 0.146 e. The highest BCUT2D eigenvalue weighted by Crippen LogP contribution is 2.26. The third-order valence-corrected chi connectivity index (χ3v) is 4.82. The first-order chi connectivity index (χ1) is 10.2. The van der Waals surface area contributed by atoms with Gasteiger partial charge in [-0.05, 0) is 42.3 Å². The Hall–Kier alpha value is -1.39. The van der Waals surface area contributed by atoms with Gasteiger partial charge in [-0.1, -0.05) is 18.2 Å². The van der Waals surface area contributed by atoms with Gasteiger partial charge in [-0.2, -0.15) is 0 Å². The van der Waals surface area contributed by atoms with Crippen LogP contribution < -0.4 is 10.2 Å². The van der Waals surface area contributed by atoms with Crippen LogP contribution in [0, 0.1) is 5.82 Å². The van der Waals surface area contributed by atoms with Gasteiger partial charge >= 0.3 is 0 Å². The molecule has 21 heavy (non-hydrogen) atoms. The predicted molar refractivity (Wildman–Crippen MR) is 87.6 cm³/mol. The number of nitrogens with zero attached hydrogens (tertiary/aromatic N) is 1. The molecule has 1 N–H and O–H groups in total. The summed E-state index contributed by atoms with van der Waals surface area (Å²) < 4.78 is 14.2. The summed E-state index contributed by atoms with van der Waals surface area (Å²) in [6.45, 7) is 1.58. The molecule has 1 aromatic carbocycles. The molecule has 0 spiro atoms. The first-order valence-corrected chi connectivity index (χ1v) is 8.36. The first kappa shape index (κ1) is 14.5. The van der Waals surface area contributed by atoms with Crippen LogP contribution in [0.5, 0.6) is 0 Å². The van der Waals surface area contributed by atoms with Crippen molar-refractivity contribution in [3.05, 3.63) is 52.0 Å². The topological polar surface area (TPSA) is 15.3 Å². The fraction of sp³-hybridized carbons (Fsp3) is 0.412. The molecule has 0 amide bonds. The normalized spacial score (nSPS) is 14.4. The van der Waals surface area contributed by atoms with Gasteiger partial charge in [0.2, 0.25) is 0 Å². The second-order valence-electron chi connectivity index (χ2n) is 5.65. The molecule has 1 aliphatic rings. The third kappa shape index (κ3) is 3.83. The van der Waals surface area contributed by atoms with E-state index in [9.17, 15) is 4.39 Å². The highest BCUT2D eigenvalue weighted by atomic mass is 32.1. The van der Waals surface area contributed by atoms with Crippen molar-refractivity contribution < 1.29 is 4.39 Å². The summed E-state index contributed by atoms with van der Waals surface area (Å²) in [6.07, 6.45) is 3.45. The summed E-state index contributed by atoms with van der Waals surface area (Å²) in [7, 11) is 1.98. The maximum Gasteiger partial charge on any atom is 0.146 e. The molecule has 3 rings (SSSR count). The van der Waals surface area contributed by atoms with E-state index in [-0.39, 0.29) is 5.82 Å². The van der Waals surface area contributed by atoms with E-state index in [0.717, 1.165) is 30.8 Å². The fourth-order valence-corrected chi connectivity index (χ4v) is 3.21. The van der Waals surface area contributed by atoms with Gasteiger partial charge in [-0.15, -0.1) is 11.3 Å². The van der Waals surface area contributed by atoms with Crippen LogP contribution in [0.15, 0.2) is 35.7 Å². The Bertz CT molecular complexity index is 578. The van der Waals surface area contributed by atoms with E-state index in [4.69, 9.17) is 0 Å². The molecule has 2 aromatic rings. The number of nitrogens with one attached hydrogen (secondary N) is 1. The van der Waals surface area contributed by atoms with E-state index in [1.807, 2.05) is 18.0 Å². The standard InChI is InChI=1S/C17H21FN2S/c1-20(10-9-15-5-3-11-21-15)17-13(4-2-6-16(17)18)12-19-14-7-8-14/h2-6,11,14,19H,7-10,12H2,1H3. The van der Waals surface area contributed by atoms with Crippen molar-refractivity contribution in [3.8, 4) is 0 Å². The highest BCUT2D eigenvalue weighted by molar-refractivity contribution is 7.09. The summed E-state index contributed by atoms with van der Waals surface area (Å²) in [5.41, 5.74) is 1.79. The Morgan fingerprint density at radius 2 is 2.14 bits per heavy atom. The lowest BCUT2D eigenvalue weighted by Gasteiger charge is -2.23. The minimum atomic E-state index is -0.126. The molecule has 1 saturated carbocycles. The predicted octanol–water partition coefficient (Wildman–Crippen LogP) is 3.82. The van der Waals surface area contributed by atoms with Gasteiger partial charge in [0.15, 0.2) is 0 Å². The molecule has 0 saturated heterocycles. The molecule has 0 aliphatic heterocycles. The lowest BCUT2D eigenvalue weighted by Crippen LogP contribution is -2.25. The van der Waals surface area contributed by atoms with Crippen molar-refractivity contribution in [2.24, 2.45) is 0 Å². The number of benzene rings is 1.